The Kier molecular flexibility index (Phi) is 4.71. The first-order chi connectivity index (χ1) is 12.7. The molecule has 0 bridgehead atoms. The molecule has 0 saturated carbocycles. The van der Waals surface area contributed by atoms with Crippen molar-refractivity contribution in [3.63, 3.8) is 0 Å². The van der Waals surface area contributed by atoms with Crippen LogP contribution in [0.15, 0.2) is 60.9 Å². The molecule has 5 nitrogen and oxygen atoms in total. The quantitative estimate of drug-likeness (QED) is 0.788. The van der Waals surface area contributed by atoms with Crippen molar-refractivity contribution in [2.45, 2.75) is 25.5 Å². The zero-order valence-electron chi connectivity index (χ0n) is 14.7. The Labute approximate surface area is 152 Å². The van der Waals surface area contributed by atoms with Crippen LogP contribution in [0.1, 0.15) is 24.6 Å². The van der Waals surface area contributed by atoms with Crippen LogP contribution in [0.3, 0.4) is 0 Å². The SMILES string of the molecule is O=C(Cn1ccc2ccccc21)N1CCC([C@@H](O)c2ccccn2)CC1. The molecule has 1 aromatic carbocycles. The Morgan fingerprint density at radius 1 is 1.12 bits per heavy atom. The highest BCUT2D eigenvalue weighted by molar-refractivity contribution is 5.83. The summed E-state index contributed by atoms with van der Waals surface area (Å²) in [6, 6.07) is 15.7. The summed E-state index contributed by atoms with van der Waals surface area (Å²) in [6.45, 7) is 1.74. The van der Waals surface area contributed by atoms with Gasteiger partial charge < -0.3 is 14.6 Å². The number of pyridine rings is 1. The molecule has 0 radical (unpaired) electrons. The third-order valence-corrected chi connectivity index (χ3v) is 5.32. The standard InChI is InChI=1S/C21H23N3O2/c25-20(15-24-14-8-16-5-1-2-7-19(16)24)23-12-9-17(10-13-23)21(26)18-6-3-4-11-22-18/h1-8,11,14,17,21,26H,9-10,12-13,15H2/t21-/m1/s1. The summed E-state index contributed by atoms with van der Waals surface area (Å²) in [7, 11) is 0. The monoisotopic (exact) mass is 349 g/mol. The van der Waals surface area contributed by atoms with Gasteiger partial charge in [-0.1, -0.05) is 24.3 Å². The highest BCUT2D eigenvalue weighted by Crippen LogP contribution is 2.29. The summed E-state index contributed by atoms with van der Waals surface area (Å²) in [6.07, 6.45) is 4.73. The number of para-hydroxylation sites is 1. The number of rotatable bonds is 4. The predicted molar refractivity (Wildman–Crippen MR) is 100 cm³/mol. The normalized spacial score (nSPS) is 16.7. The number of likely N-dealkylation sites (tertiary alicyclic amines) is 1. The third kappa shape index (κ3) is 3.35. The number of nitrogens with zero attached hydrogens (tertiary/aromatic N) is 3. The molecule has 1 amide bonds. The van der Waals surface area contributed by atoms with Crippen molar-refractivity contribution in [3.05, 3.63) is 66.6 Å². The van der Waals surface area contributed by atoms with Crippen molar-refractivity contribution in [2.24, 2.45) is 5.92 Å². The van der Waals surface area contributed by atoms with Gasteiger partial charge in [0, 0.05) is 31.0 Å². The topological polar surface area (TPSA) is 58.4 Å². The highest BCUT2D eigenvalue weighted by atomic mass is 16.3. The summed E-state index contributed by atoms with van der Waals surface area (Å²) >= 11 is 0. The molecule has 1 N–H and O–H groups in total. The van der Waals surface area contributed by atoms with Crippen LogP contribution in [0.5, 0.6) is 0 Å². The van der Waals surface area contributed by atoms with Crippen LogP contribution in [0.4, 0.5) is 0 Å². The zero-order valence-corrected chi connectivity index (χ0v) is 14.7. The Balaban J connectivity index is 1.36. The molecular formula is C21H23N3O2. The van der Waals surface area contributed by atoms with E-state index in [0.717, 1.165) is 29.4 Å². The first kappa shape index (κ1) is 16.8. The average Bonchev–Trinajstić information content (AvgIpc) is 3.11. The molecule has 1 fully saturated rings. The fourth-order valence-electron chi connectivity index (χ4n) is 3.78. The summed E-state index contributed by atoms with van der Waals surface area (Å²) in [5.74, 6) is 0.290. The van der Waals surface area contributed by atoms with Gasteiger partial charge in [0.15, 0.2) is 0 Å². The van der Waals surface area contributed by atoms with E-state index in [9.17, 15) is 9.90 Å². The van der Waals surface area contributed by atoms with E-state index in [1.807, 2.05) is 58.1 Å². The van der Waals surface area contributed by atoms with Crippen LogP contribution in [0.25, 0.3) is 10.9 Å². The van der Waals surface area contributed by atoms with Crippen LogP contribution >= 0.6 is 0 Å². The molecule has 3 aromatic rings. The molecule has 4 rings (SSSR count). The maximum Gasteiger partial charge on any atom is 0.242 e. The number of aromatic nitrogens is 2. The third-order valence-electron chi connectivity index (χ3n) is 5.32. The maximum absolute atomic E-state index is 12.7. The van der Waals surface area contributed by atoms with Gasteiger partial charge in [-0.3, -0.25) is 9.78 Å². The van der Waals surface area contributed by atoms with Crippen LogP contribution in [-0.2, 0) is 11.3 Å². The van der Waals surface area contributed by atoms with Gasteiger partial charge in [0.2, 0.25) is 5.91 Å². The summed E-state index contributed by atoms with van der Waals surface area (Å²) in [5.41, 5.74) is 1.80. The molecule has 0 unspecified atom stereocenters. The van der Waals surface area contributed by atoms with Gasteiger partial charge in [0.1, 0.15) is 6.54 Å². The number of amides is 1. The molecule has 3 heterocycles. The molecule has 0 aliphatic carbocycles. The number of carbonyl (C=O) groups excluding carboxylic acids is 1. The minimum Gasteiger partial charge on any atom is -0.387 e. The molecule has 26 heavy (non-hydrogen) atoms. The van der Waals surface area contributed by atoms with Crippen molar-refractivity contribution in [1.29, 1.82) is 0 Å². The lowest BCUT2D eigenvalue weighted by atomic mass is 9.89. The molecule has 1 aliphatic heterocycles. The number of hydrogen-bond donors (Lipinski definition) is 1. The fourth-order valence-corrected chi connectivity index (χ4v) is 3.78. The van der Waals surface area contributed by atoms with Crippen LogP contribution in [0, 0.1) is 5.92 Å². The van der Waals surface area contributed by atoms with Crippen LogP contribution in [0.2, 0.25) is 0 Å². The van der Waals surface area contributed by atoms with Gasteiger partial charge in [-0.25, -0.2) is 0 Å². The molecular weight excluding hydrogens is 326 g/mol. The van der Waals surface area contributed by atoms with Crippen molar-refractivity contribution >= 4 is 16.8 Å². The Morgan fingerprint density at radius 3 is 2.65 bits per heavy atom. The van der Waals surface area contributed by atoms with E-state index in [1.165, 1.54) is 0 Å². The summed E-state index contributed by atoms with van der Waals surface area (Å²) in [5, 5.41) is 11.7. The van der Waals surface area contributed by atoms with E-state index >= 15 is 0 Å². The summed E-state index contributed by atoms with van der Waals surface area (Å²) in [4.78, 5) is 18.9. The lowest BCUT2D eigenvalue weighted by Crippen LogP contribution is -2.41. The van der Waals surface area contributed by atoms with E-state index in [1.54, 1.807) is 6.20 Å². The second kappa shape index (κ2) is 7.30. The summed E-state index contributed by atoms with van der Waals surface area (Å²) < 4.78 is 2.01. The number of hydrogen-bond acceptors (Lipinski definition) is 3. The maximum atomic E-state index is 12.7. The molecule has 0 spiro atoms. The minimum absolute atomic E-state index is 0.136. The average molecular weight is 349 g/mol. The molecule has 1 aliphatic rings. The van der Waals surface area contributed by atoms with Crippen molar-refractivity contribution in [3.8, 4) is 0 Å². The predicted octanol–water partition coefficient (Wildman–Crippen LogP) is 3.01. The van der Waals surface area contributed by atoms with Crippen molar-refractivity contribution in [2.75, 3.05) is 13.1 Å². The van der Waals surface area contributed by atoms with Crippen LogP contribution in [-0.4, -0.2) is 38.6 Å². The molecule has 1 saturated heterocycles. The first-order valence-electron chi connectivity index (χ1n) is 9.13. The Morgan fingerprint density at radius 2 is 1.88 bits per heavy atom. The number of piperidine rings is 1. The van der Waals surface area contributed by atoms with E-state index in [0.29, 0.717) is 19.6 Å². The zero-order chi connectivity index (χ0) is 17.9. The molecule has 5 heteroatoms. The highest BCUT2D eigenvalue weighted by Gasteiger charge is 2.28. The van der Waals surface area contributed by atoms with Gasteiger partial charge in [-0.2, -0.15) is 0 Å². The lowest BCUT2D eigenvalue weighted by Gasteiger charge is -2.34. The number of aliphatic hydroxyl groups excluding tert-OH is 1. The number of benzene rings is 1. The second-order valence-electron chi connectivity index (χ2n) is 6.92. The number of fused-ring (bicyclic) bond motifs is 1. The van der Waals surface area contributed by atoms with E-state index in [2.05, 4.69) is 11.1 Å². The van der Waals surface area contributed by atoms with Crippen LogP contribution < -0.4 is 0 Å². The van der Waals surface area contributed by atoms with E-state index in [-0.39, 0.29) is 11.8 Å². The Hall–Kier alpha value is -2.66. The largest absolute Gasteiger partial charge is 0.387 e. The van der Waals surface area contributed by atoms with E-state index < -0.39 is 6.10 Å². The second-order valence-corrected chi connectivity index (χ2v) is 6.92. The number of carbonyl (C=O) groups is 1. The van der Waals surface area contributed by atoms with Gasteiger partial charge in [-0.15, -0.1) is 0 Å². The Bertz CT molecular complexity index is 882. The van der Waals surface area contributed by atoms with Crippen molar-refractivity contribution < 1.29 is 9.90 Å². The number of aliphatic hydroxyl groups is 1. The molecule has 1 atom stereocenters. The lowest BCUT2D eigenvalue weighted by molar-refractivity contribution is -0.133. The molecule has 134 valence electrons. The van der Waals surface area contributed by atoms with Gasteiger partial charge in [0.25, 0.3) is 0 Å². The van der Waals surface area contributed by atoms with Crippen molar-refractivity contribution in [1.82, 2.24) is 14.5 Å². The first-order valence-corrected chi connectivity index (χ1v) is 9.13. The van der Waals surface area contributed by atoms with Gasteiger partial charge in [0.05, 0.1) is 11.8 Å². The molecule has 2 aromatic heterocycles. The van der Waals surface area contributed by atoms with E-state index in [4.69, 9.17) is 0 Å². The minimum atomic E-state index is -0.554. The van der Waals surface area contributed by atoms with Gasteiger partial charge >= 0.3 is 0 Å². The smallest absolute Gasteiger partial charge is 0.242 e. The fraction of sp³-hybridized carbons (Fsp3) is 0.333. The van der Waals surface area contributed by atoms with Gasteiger partial charge in [-0.05, 0) is 48.4 Å².